The van der Waals surface area contributed by atoms with Gasteiger partial charge >= 0.3 is 6.36 Å². The first-order valence-electron chi connectivity index (χ1n) is 6.32. The molecule has 1 N–H and O–H groups in total. The molecule has 0 aliphatic rings. The number of rotatable bonds is 4. The minimum atomic E-state index is -4.79. The number of hydrogen-bond acceptors (Lipinski definition) is 4. The third-order valence-electron chi connectivity index (χ3n) is 2.90. The molecular weight excluding hydrogens is 301 g/mol. The van der Waals surface area contributed by atoms with Crippen molar-refractivity contribution in [2.45, 2.75) is 26.8 Å². The maximum atomic E-state index is 12.3. The SMILES string of the molecule is Cc1noc(C)c1C(=O)NCc1ccccc1OC(F)(F)F. The summed E-state index contributed by atoms with van der Waals surface area (Å²) < 4.78 is 45.8. The maximum Gasteiger partial charge on any atom is 0.573 e. The van der Waals surface area contributed by atoms with Crippen LogP contribution in [0.25, 0.3) is 0 Å². The van der Waals surface area contributed by atoms with Crippen LogP contribution in [0.4, 0.5) is 13.2 Å². The highest BCUT2D eigenvalue weighted by atomic mass is 19.4. The monoisotopic (exact) mass is 314 g/mol. The molecule has 1 heterocycles. The summed E-state index contributed by atoms with van der Waals surface area (Å²) in [6, 6.07) is 5.60. The molecule has 22 heavy (non-hydrogen) atoms. The van der Waals surface area contributed by atoms with E-state index in [2.05, 4.69) is 15.2 Å². The van der Waals surface area contributed by atoms with Crippen molar-refractivity contribution in [1.82, 2.24) is 10.5 Å². The lowest BCUT2D eigenvalue weighted by Gasteiger charge is -2.13. The third kappa shape index (κ3) is 3.78. The Morgan fingerprint density at radius 2 is 2.00 bits per heavy atom. The molecule has 0 aliphatic heterocycles. The van der Waals surface area contributed by atoms with Crippen LogP contribution in [-0.2, 0) is 6.54 Å². The zero-order valence-electron chi connectivity index (χ0n) is 11.8. The van der Waals surface area contributed by atoms with Gasteiger partial charge in [0.1, 0.15) is 17.1 Å². The van der Waals surface area contributed by atoms with E-state index in [0.29, 0.717) is 11.5 Å². The number of carbonyl (C=O) groups excluding carboxylic acids is 1. The normalized spacial score (nSPS) is 11.3. The predicted octanol–water partition coefficient (Wildman–Crippen LogP) is 3.12. The van der Waals surface area contributed by atoms with E-state index in [0.717, 1.165) is 0 Å². The number of hydrogen-bond donors (Lipinski definition) is 1. The molecule has 2 aromatic rings. The van der Waals surface area contributed by atoms with Crippen molar-refractivity contribution in [3.8, 4) is 5.75 Å². The number of alkyl halides is 3. The fourth-order valence-corrected chi connectivity index (χ4v) is 1.95. The van der Waals surface area contributed by atoms with Gasteiger partial charge in [0.2, 0.25) is 0 Å². The van der Waals surface area contributed by atoms with Crippen LogP contribution in [0.5, 0.6) is 5.75 Å². The minimum Gasteiger partial charge on any atom is -0.405 e. The topological polar surface area (TPSA) is 64.4 Å². The molecule has 2 rings (SSSR count). The summed E-state index contributed by atoms with van der Waals surface area (Å²) in [6.07, 6.45) is -4.79. The number of nitrogens with zero attached hydrogens (tertiary/aromatic N) is 1. The van der Waals surface area contributed by atoms with Crippen LogP contribution >= 0.6 is 0 Å². The Bertz CT molecular complexity index is 661. The maximum absolute atomic E-state index is 12.3. The van der Waals surface area contributed by atoms with Crippen LogP contribution in [0.15, 0.2) is 28.8 Å². The summed E-state index contributed by atoms with van der Waals surface area (Å²) in [5.41, 5.74) is 0.893. The Morgan fingerprint density at radius 1 is 1.32 bits per heavy atom. The van der Waals surface area contributed by atoms with E-state index in [1.54, 1.807) is 19.9 Å². The third-order valence-corrected chi connectivity index (χ3v) is 2.90. The van der Waals surface area contributed by atoms with Crippen LogP contribution in [0.2, 0.25) is 0 Å². The molecule has 1 amide bonds. The number of benzene rings is 1. The molecule has 0 fully saturated rings. The number of aromatic nitrogens is 1. The average molecular weight is 314 g/mol. The van der Waals surface area contributed by atoms with Gasteiger partial charge in [0, 0.05) is 12.1 Å². The first-order valence-corrected chi connectivity index (χ1v) is 6.32. The van der Waals surface area contributed by atoms with Crippen LogP contribution in [0.1, 0.15) is 27.4 Å². The summed E-state index contributed by atoms with van der Waals surface area (Å²) in [5, 5.41) is 6.17. The molecule has 0 unspecified atom stereocenters. The summed E-state index contributed by atoms with van der Waals surface area (Å²) >= 11 is 0. The second-order valence-electron chi connectivity index (χ2n) is 4.54. The van der Waals surface area contributed by atoms with Gasteiger partial charge in [0.05, 0.1) is 5.69 Å². The fourth-order valence-electron chi connectivity index (χ4n) is 1.95. The van der Waals surface area contributed by atoms with E-state index in [1.165, 1.54) is 18.2 Å². The van der Waals surface area contributed by atoms with E-state index < -0.39 is 12.3 Å². The Kier molecular flexibility index (Phi) is 4.39. The second-order valence-corrected chi connectivity index (χ2v) is 4.54. The molecule has 1 aromatic carbocycles. The van der Waals surface area contributed by atoms with Crippen molar-refractivity contribution in [1.29, 1.82) is 0 Å². The van der Waals surface area contributed by atoms with Gasteiger partial charge in [-0.25, -0.2) is 0 Å². The van der Waals surface area contributed by atoms with E-state index in [4.69, 9.17) is 4.52 Å². The van der Waals surface area contributed by atoms with Crippen LogP contribution in [-0.4, -0.2) is 17.4 Å². The number of nitrogens with one attached hydrogen (secondary N) is 1. The largest absolute Gasteiger partial charge is 0.573 e. The molecular formula is C14H13F3N2O3. The number of amides is 1. The highest BCUT2D eigenvalue weighted by Gasteiger charge is 2.32. The van der Waals surface area contributed by atoms with Gasteiger partial charge in [0.15, 0.2) is 0 Å². The molecule has 8 heteroatoms. The first kappa shape index (κ1) is 15.9. The summed E-state index contributed by atoms with van der Waals surface area (Å²) in [4.78, 5) is 12.0. The molecule has 0 aliphatic carbocycles. The number of aryl methyl sites for hydroxylation is 2. The molecule has 0 atom stereocenters. The lowest BCUT2D eigenvalue weighted by Crippen LogP contribution is -2.25. The fraction of sp³-hybridized carbons (Fsp3) is 0.286. The van der Waals surface area contributed by atoms with Crippen LogP contribution in [0.3, 0.4) is 0 Å². The highest BCUT2D eigenvalue weighted by Crippen LogP contribution is 2.26. The molecule has 118 valence electrons. The summed E-state index contributed by atoms with van der Waals surface area (Å²) in [7, 11) is 0. The number of halogens is 3. The van der Waals surface area contributed by atoms with Crippen LogP contribution in [0, 0.1) is 13.8 Å². The Balaban J connectivity index is 2.11. The zero-order valence-corrected chi connectivity index (χ0v) is 11.8. The van der Waals surface area contributed by atoms with Gasteiger partial charge in [0.25, 0.3) is 5.91 Å². The first-order chi connectivity index (χ1) is 10.3. The number of carbonyl (C=O) groups is 1. The van der Waals surface area contributed by atoms with E-state index in [9.17, 15) is 18.0 Å². The van der Waals surface area contributed by atoms with Gasteiger partial charge in [-0.15, -0.1) is 13.2 Å². The summed E-state index contributed by atoms with van der Waals surface area (Å²) in [6.45, 7) is 3.07. The van der Waals surface area contributed by atoms with E-state index >= 15 is 0 Å². The van der Waals surface area contributed by atoms with Crippen molar-refractivity contribution in [2.24, 2.45) is 0 Å². The van der Waals surface area contributed by atoms with Gasteiger partial charge in [-0.2, -0.15) is 0 Å². The standard InChI is InChI=1S/C14H13F3N2O3/c1-8-12(9(2)22-19-8)13(20)18-7-10-5-3-4-6-11(10)21-14(15,16)17/h3-6H,7H2,1-2H3,(H,18,20). The average Bonchev–Trinajstić information content (AvgIpc) is 2.75. The van der Waals surface area contributed by atoms with Gasteiger partial charge < -0.3 is 14.6 Å². The molecule has 0 spiro atoms. The van der Waals surface area contributed by atoms with Crippen molar-refractivity contribution in [3.05, 3.63) is 46.8 Å². The Hall–Kier alpha value is -2.51. The van der Waals surface area contributed by atoms with Crippen molar-refractivity contribution in [2.75, 3.05) is 0 Å². The molecule has 1 aromatic heterocycles. The van der Waals surface area contributed by atoms with E-state index in [-0.39, 0.29) is 23.4 Å². The second kappa shape index (κ2) is 6.08. The van der Waals surface area contributed by atoms with Crippen molar-refractivity contribution < 1.29 is 27.2 Å². The molecule has 0 saturated carbocycles. The highest BCUT2D eigenvalue weighted by molar-refractivity contribution is 5.96. The van der Waals surface area contributed by atoms with Gasteiger partial charge in [-0.1, -0.05) is 23.4 Å². The lowest BCUT2D eigenvalue weighted by atomic mass is 10.1. The number of para-hydroxylation sites is 1. The number of ether oxygens (including phenoxy) is 1. The molecule has 0 radical (unpaired) electrons. The smallest absolute Gasteiger partial charge is 0.405 e. The molecule has 5 nitrogen and oxygen atoms in total. The zero-order chi connectivity index (χ0) is 16.3. The Morgan fingerprint density at radius 3 is 2.59 bits per heavy atom. The van der Waals surface area contributed by atoms with Crippen LogP contribution < -0.4 is 10.1 Å². The molecule has 0 saturated heterocycles. The summed E-state index contributed by atoms with van der Waals surface area (Å²) in [5.74, 6) is -0.484. The molecule has 0 bridgehead atoms. The van der Waals surface area contributed by atoms with E-state index in [1.807, 2.05) is 0 Å². The Labute approximate surface area is 124 Å². The minimum absolute atomic E-state index is 0.116. The van der Waals surface area contributed by atoms with Gasteiger partial charge in [-0.3, -0.25) is 4.79 Å². The van der Waals surface area contributed by atoms with Crippen molar-refractivity contribution in [3.63, 3.8) is 0 Å². The lowest BCUT2D eigenvalue weighted by molar-refractivity contribution is -0.274. The predicted molar refractivity (Wildman–Crippen MR) is 70.3 cm³/mol. The van der Waals surface area contributed by atoms with Gasteiger partial charge in [-0.05, 0) is 19.9 Å². The van der Waals surface area contributed by atoms with Crippen molar-refractivity contribution >= 4 is 5.91 Å². The quantitative estimate of drug-likeness (QED) is 0.942.